The van der Waals surface area contributed by atoms with Crippen molar-refractivity contribution in [3.63, 3.8) is 0 Å². The summed E-state index contributed by atoms with van der Waals surface area (Å²) in [6, 6.07) is 6.93. The van der Waals surface area contributed by atoms with Crippen LogP contribution in [0, 0.1) is 17.3 Å². The fourth-order valence-electron chi connectivity index (χ4n) is 4.00. The Morgan fingerprint density at radius 1 is 1.07 bits per heavy atom. The lowest BCUT2D eigenvalue weighted by Gasteiger charge is -2.25. The summed E-state index contributed by atoms with van der Waals surface area (Å²) >= 11 is 0. The van der Waals surface area contributed by atoms with Gasteiger partial charge in [-0.2, -0.15) is 0 Å². The topological polar surface area (TPSA) is 98.7 Å². The third kappa shape index (κ3) is 4.47. The molecule has 0 bridgehead atoms. The van der Waals surface area contributed by atoms with Crippen molar-refractivity contribution in [3.05, 3.63) is 24.3 Å². The Bertz CT molecular complexity index is 740. The third-order valence-corrected chi connectivity index (χ3v) is 5.61. The van der Waals surface area contributed by atoms with Crippen LogP contribution >= 0.6 is 0 Å². The molecule has 0 radical (unpaired) electrons. The summed E-state index contributed by atoms with van der Waals surface area (Å²) in [4.78, 5) is 38.1. The van der Waals surface area contributed by atoms with Crippen LogP contribution in [0.25, 0.3) is 0 Å². The van der Waals surface area contributed by atoms with Crippen molar-refractivity contribution in [2.24, 2.45) is 17.3 Å². The van der Waals surface area contributed by atoms with Crippen molar-refractivity contribution in [3.8, 4) is 0 Å². The predicted octanol–water partition coefficient (Wildman–Crippen LogP) is 2.41. The van der Waals surface area contributed by atoms with Gasteiger partial charge < -0.3 is 15.7 Å². The highest BCUT2D eigenvalue weighted by molar-refractivity contribution is 6.00. The van der Waals surface area contributed by atoms with Gasteiger partial charge in [-0.3, -0.25) is 19.3 Å². The molecular formula is C20H27N3O4. The second-order valence-electron chi connectivity index (χ2n) is 8.07. The van der Waals surface area contributed by atoms with Gasteiger partial charge in [-0.15, -0.1) is 0 Å². The maximum Gasteiger partial charge on any atom is 0.307 e. The highest BCUT2D eigenvalue weighted by Crippen LogP contribution is 2.58. The molecule has 3 N–H and O–H groups in total. The molecule has 1 aliphatic heterocycles. The lowest BCUT2D eigenvalue weighted by molar-refractivity contribution is -0.140. The van der Waals surface area contributed by atoms with E-state index >= 15 is 0 Å². The minimum atomic E-state index is -0.945. The van der Waals surface area contributed by atoms with E-state index in [-0.39, 0.29) is 11.8 Å². The maximum atomic E-state index is 12.4. The number of hydrogen-bond donors (Lipinski definition) is 3. The Hall–Kier alpha value is -2.41. The largest absolute Gasteiger partial charge is 0.481 e. The minimum Gasteiger partial charge on any atom is -0.481 e. The molecule has 2 fully saturated rings. The normalized spacial score (nSPS) is 24.1. The summed E-state index contributed by atoms with van der Waals surface area (Å²) in [5.74, 6) is -2.53. The van der Waals surface area contributed by atoms with E-state index in [0.717, 1.165) is 25.9 Å². The van der Waals surface area contributed by atoms with E-state index in [9.17, 15) is 19.5 Å². The molecule has 2 atom stereocenters. The molecule has 0 spiro atoms. The molecule has 1 aromatic rings. The number of likely N-dealkylation sites (tertiary alicyclic amines) is 1. The van der Waals surface area contributed by atoms with Crippen LogP contribution in [0.4, 0.5) is 11.4 Å². The van der Waals surface area contributed by atoms with Crippen LogP contribution < -0.4 is 10.6 Å². The summed E-state index contributed by atoms with van der Waals surface area (Å²) in [6.45, 7) is 5.84. The molecule has 27 heavy (non-hydrogen) atoms. The number of rotatable bonds is 6. The van der Waals surface area contributed by atoms with E-state index < -0.39 is 23.2 Å². The molecule has 7 nitrogen and oxygen atoms in total. The van der Waals surface area contributed by atoms with Gasteiger partial charge in [0, 0.05) is 11.4 Å². The Kier molecular flexibility index (Phi) is 5.51. The second kappa shape index (κ2) is 7.68. The zero-order chi connectivity index (χ0) is 19.6. The molecule has 1 saturated heterocycles. The van der Waals surface area contributed by atoms with Crippen LogP contribution in [0.1, 0.15) is 33.1 Å². The van der Waals surface area contributed by atoms with Gasteiger partial charge >= 0.3 is 5.97 Å². The van der Waals surface area contributed by atoms with Crippen molar-refractivity contribution < 1.29 is 19.5 Å². The van der Waals surface area contributed by atoms with E-state index in [4.69, 9.17) is 0 Å². The first-order valence-corrected chi connectivity index (χ1v) is 9.45. The molecule has 1 heterocycles. The van der Waals surface area contributed by atoms with Gasteiger partial charge in [-0.05, 0) is 49.5 Å². The second-order valence-corrected chi connectivity index (χ2v) is 8.07. The van der Waals surface area contributed by atoms with Crippen LogP contribution in [0.5, 0.6) is 0 Å². The smallest absolute Gasteiger partial charge is 0.307 e. The zero-order valence-corrected chi connectivity index (χ0v) is 15.8. The molecule has 2 unspecified atom stereocenters. The Morgan fingerprint density at radius 3 is 2.30 bits per heavy atom. The monoisotopic (exact) mass is 373 g/mol. The van der Waals surface area contributed by atoms with Crippen LogP contribution in [-0.4, -0.2) is 47.4 Å². The third-order valence-electron chi connectivity index (χ3n) is 5.61. The number of aliphatic carboxylic acids is 1. The number of carbonyl (C=O) groups excluding carboxylic acids is 2. The van der Waals surface area contributed by atoms with Crippen molar-refractivity contribution >= 4 is 29.2 Å². The summed E-state index contributed by atoms with van der Waals surface area (Å²) < 4.78 is 0. The maximum absolute atomic E-state index is 12.4. The summed E-state index contributed by atoms with van der Waals surface area (Å²) in [5.41, 5.74) is 0.609. The summed E-state index contributed by atoms with van der Waals surface area (Å²) in [7, 11) is 0. The number of carboxylic acid groups (broad SMARTS) is 1. The summed E-state index contributed by atoms with van der Waals surface area (Å²) in [5, 5.41) is 14.9. The van der Waals surface area contributed by atoms with Gasteiger partial charge in [-0.1, -0.05) is 26.3 Å². The number of nitrogens with zero attached hydrogens (tertiary/aromatic N) is 1. The van der Waals surface area contributed by atoms with Gasteiger partial charge in [0.05, 0.1) is 18.4 Å². The van der Waals surface area contributed by atoms with Crippen molar-refractivity contribution in [1.82, 2.24) is 4.90 Å². The first-order chi connectivity index (χ1) is 12.8. The van der Waals surface area contributed by atoms with E-state index in [1.165, 1.54) is 6.42 Å². The number of anilines is 2. The number of hydrogen-bond acceptors (Lipinski definition) is 4. The lowest BCUT2D eigenvalue weighted by atomic mass is 10.1. The van der Waals surface area contributed by atoms with Gasteiger partial charge in [0.25, 0.3) is 0 Å². The van der Waals surface area contributed by atoms with Gasteiger partial charge in [0.2, 0.25) is 11.8 Å². The van der Waals surface area contributed by atoms with E-state index in [1.807, 2.05) is 0 Å². The zero-order valence-electron chi connectivity index (χ0n) is 15.8. The Balaban J connectivity index is 1.56. The van der Waals surface area contributed by atoms with E-state index in [1.54, 1.807) is 38.1 Å². The van der Waals surface area contributed by atoms with Crippen LogP contribution in [0.2, 0.25) is 0 Å². The van der Waals surface area contributed by atoms with Crippen LogP contribution in [0.3, 0.4) is 0 Å². The molecular weight excluding hydrogens is 346 g/mol. The molecule has 2 aliphatic rings. The first kappa shape index (κ1) is 19.4. The van der Waals surface area contributed by atoms with Gasteiger partial charge in [-0.25, -0.2) is 0 Å². The Labute approximate surface area is 159 Å². The molecule has 146 valence electrons. The number of nitrogens with one attached hydrogen (secondary N) is 2. The molecule has 1 saturated carbocycles. The molecule has 1 aliphatic carbocycles. The molecule has 2 amide bonds. The van der Waals surface area contributed by atoms with Crippen LogP contribution in [0.15, 0.2) is 24.3 Å². The number of amides is 2. The summed E-state index contributed by atoms with van der Waals surface area (Å²) in [6.07, 6.45) is 3.48. The number of piperidine rings is 1. The minimum absolute atomic E-state index is 0.0744. The lowest BCUT2D eigenvalue weighted by Crippen LogP contribution is -2.36. The predicted molar refractivity (Wildman–Crippen MR) is 102 cm³/mol. The number of carboxylic acids is 1. The SMILES string of the molecule is CC1(C)C(C(=O)O)C1C(=O)Nc1cccc(NC(=O)CN2CCCCC2)c1. The average molecular weight is 373 g/mol. The van der Waals surface area contributed by atoms with E-state index in [0.29, 0.717) is 17.9 Å². The fraction of sp³-hybridized carbons (Fsp3) is 0.550. The average Bonchev–Trinajstić information content (AvgIpc) is 3.19. The quantitative estimate of drug-likeness (QED) is 0.711. The highest BCUT2D eigenvalue weighted by atomic mass is 16.4. The standard InChI is InChI=1S/C20H27N3O4/c1-20(2)16(17(20)19(26)27)18(25)22-14-8-6-7-13(11-14)21-15(24)12-23-9-4-3-5-10-23/h6-8,11,16-17H,3-5,9-10,12H2,1-2H3,(H,21,24)(H,22,25)(H,26,27). The fourth-order valence-corrected chi connectivity index (χ4v) is 4.00. The van der Waals surface area contributed by atoms with Gasteiger partial charge in [0.1, 0.15) is 0 Å². The van der Waals surface area contributed by atoms with Crippen molar-refractivity contribution in [2.45, 2.75) is 33.1 Å². The van der Waals surface area contributed by atoms with E-state index in [2.05, 4.69) is 15.5 Å². The Morgan fingerprint density at radius 2 is 1.70 bits per heavy atom. The van der Waals surface area contributed by atoms with Gasteiger partial charge in [0.15, 0.2) is 0 Å². The number of benzene rings is 1. The molecule has 0 aromatic heterocycles. The number of carbonyl (C=O) groups is 3. The molecule has 7 heteroatoms. The molecule has 3 rings (SSSR count). The first-order valence-electron chi connectivity index (χ1n) is 9.45. The highest BCUT2D eigenvalue weighted by Gasteiger charge is 2.65. The van der Waals surface area contributed by atoms with Crippen molar-refractivity contribution in [2.75, 3.05) is 30.3 Å². The van der Waals surface area contributed by atoms with Crippen molar-refractivity contribution in [1.29, 1.82) is 0 Å². The van der Waals surface area contributed by atoms with Crippen LogP contribution in [-0.2, 0) is 14.4 Å². The molecule has 1 aromatic carbocycles.